The zero-order chi connectivity index (χ0) is 16.4. The van der Waals surface area contributed by atoms with Crippen molar-refractivity contribution in [1.29, 1.82) is 5.26 Å². The predicted molar refractivity (Wildman–Crippen MR) is 85.3 cm³/mol. The van der Waals surface area contributed by atoms with Crippen LogP contribution in [0.2, 0.25) is 0 Å². The maximum absolute atomic E-state index is 12.5. The number of amides is 1. The number of aromatic nitrogens is 2. The van der Waals surface area contributed by atoms with E-state index in [9.17, 15) is 9.90 Å². The Morgan fingerprint density at radius 2 is 2.25 bits per heavy atom. The number of phenols is 1. The monoisotopic (exact) mass is 320 g/mol. The normalized spacial score (nSPS) is 20.6. The predicted octanol–water partition coefficient (Wildman–Crippen LogP) is 0.869. The number of aliphatic imine (C=N–C) groups is 1. The second-order valence-electron chi connectivity index (χ2n) is 6.12. The van der Waals surface area contributed by atoms with E-state index in [1.807, 2.05) is 6.08 Å². The van der Waals surface area contributed by atoms with Crippen LogP contribution in [-0.4, -0.2) is 45.2 Å². The number of carbonyl (C=O) groups excluding carboxylic acids is 1. The molecule has 1 aromatic carbocycles. The van der Waals surface area contributed by atoms with Crippen LogP contribution < -0.4 is 5.32 Å². The maximum Gasteiger partial charge on any atom is 0.289 e. The second-order valence-corrected chi connectivity index (χ2v) is 6.12. The molecule has 0 radical (unpaired) electrons. The highest BCUT2D eigenvalue weighted by atomic mass is 16.3. The quantitative estimate of drug-likeness (QED) is 0.720. The lowest BCUT2D eigenvalue weighted by atomic mass is 9.96. The van der Waals surface area contributed by atoms with E-state index in [1.54, 1.807) is 17.3 Å². The molecule has 8 heteroatoms. The Morgan fingerprint density at radius 3 is 3.04 bits per heavy atom. The van der Waals surface area contributed by atoms with Gasteiger partial charge in [0.1, 0.15) is 17.2 Å². The molecule has 3 N–H and O–H groups in total. The summed E-state index contributed by atoms with van der Waals surface area (Å²) in [6.07, 6.45) is 5.07. The van der Waals surface area contributed by atoms with E-state index in [-0.39, 0.29) is 29.6 Å². The van der Waals surface area contributed by atoms with Gasteiger partial charge >= 0.3 is 0 Å². The van der Waals surface area contributed by atoms with E-state index in [0.29, 0.717) is 29.7 Å². The van der Waals surface area contributed by atoms with Crippen LogP contribution in [0, 0.1) is 17.2 Å². The summed E-state index contributed by atoms with van der Waals surface area (Å²) in [4.78, 5) is 25.7. The van der Waals surface area contributed by atoms with Gasteiger partial charge in [-0.3, -0.25) is 9.79 Å². The number of nitrogens with zero attached hydrogens (tertiary/aromatic N) is 4. The van der Waals surface area contributed by atoms with Crippen molar-refractivity contribution < 1.29 is 9.90 Å². The van der Waals surface area contributed by atoms with Gasteiger partial charge in [-0.15, -0.1) is 0 Å². The molecule has 0 bridgehead atoms. The van der Waals surface area contributed by atoms with Gasteiger partial charge in [0.15, 0.2) is 11.6 Å². The third-order valence-corrected chi connectivity index (χ3v) is 4.72. The molecule has 1 aromatic heterocycles. The van der Waals surface area contributed by atoms with Crippen LogP contribution in [0.4, 0.5) is 0 Å². The summed E-state index contributed by atoms with van der Waals surface area (Å²) >= 11 is 0. The van der Waals surface area contributed by atoms with Crippen molar-refractivity contribution >= 4 is 29.2 Å². The van der Waals surface area contributed by atoms with Crippen LogP contribution >= 0.6 is 0 Å². The third-order valence-electron chi connectivity index (χ3n) is 4.72. The first-order valence-corrected chi connectivity index (χ1v) is 7.60. The van der Waals surface area contributed by atoms with Gasteiger partial charge in [-0.2, -0.15) is 5.26 Å². The van der Waals surface area contributed by atoms with E-state index in [1.165, 1.54) is 0 Å². The minimum atomic E-state index is -0.257. The highest BCUT2D eigenvalue weighted by molar-refractivity contribution is 6.05. The summed E-state index contributed by atoms with van der Waals surface area (Å²) in [5, 5.41) is 22.5. The van der Waals surface area contributed by atoms with Gasteiger partial charge in [-0.1, -0.05) is 0 Å². The number of hydrogen-bond acceptors (Lipinski definition) is 6. The molecule has 1 fully saturated rings. The Hall–Kier alpha value is -3.34. The topological polar surface area (TPSA) is 117 Å². The Morgan fingerprint density at radius 1 is 1.42 bits per heavy atom. The number of imidazole rings is 1. The molecule has 1 atom stereocenters. The van der Waals surface area contributed by atoms with E-state index in [2.05, 4.69) is 26.3 Å². The highest BCUT2D eigenvalue weighted by Gasteiger charge is 2.34. The van der Waals surface area contributed by atoms with Gasteiger partial charge in [0, 0.05) is 36.0 Å². The first-order valence-electron chi connectivity index (χ1n) is 7.60. The molecule has 118 valence electrons. The Labute approximate surface area is 136 Å². The van der Waals surface area contributed by atoms with Crippen molar-refractivity contribution in [2.45, 2.75) is 6.17 Å². The van der Waals surface area contributed by atoms with Gasteiger partial charge < -0.3 is 20.3 Å². The number of aromatic hydroxyl groups is 1. The van der Waals surface area contributed by atoms with Crippen LogP contribution in [0.15, 0.2) is 11.2 Å². The molecule has 0 spiro atoms. The lowest BCUT2D eigenvalue weighted by Gasteiger charge is -2.34. The maximum atomic E-state index is 12.5. The SMILES string of the molecule is N#CC1CN(C(=O)c2nc3c4c5c(c(O)c3[nH]2)C=NC5NC=C4)C1. The lowest BCUT2D eigenvalue weighted by molar-refractivity contribution is 0.0566. The van der Waals surface area contributed by atoms with Crippen molar-refractivity contribution in [2.75, 3.05) is 13.1 Å². The number of aromatic amines is 1. The average Bonchev–Trinajstić information content (AvgIpc) is 3.17. The number of carbonyl (C=O) groups is 1. The molecule has 0 saturated carbocycles. The van der Waals surface area contributed by atoms with Gasteiger partial charge in [0.2, 0.25) is 0 Å². The number of phenolic OH excluding ortho intramolecular Hbond substituents is 1. The molecule has 4 heterocycles. The number of H-pyrrole nitrogens is 1. The van der Waals surface area contributed by atoms with E-state index in [4.69, 9.17) is 5.26 Å². The minimum absolute atomic E-state index is 0.0529. The summed E-state index contributed by atoms with van der Waals surface area (Å²) in [5.74, 6) is -0.135. The van der Waals surface area contributed by atoms with Crippen molar-refractivity contribution in [2.24, 2.45) is 10.9 Å². The molecular formula is C16H12N6O2. The first-order chi connectivity index (χ1) is 11.7. The first kappa shape index (κ1) is 13.1. The molecule has 0 aliphatic carbocycles. The van der Waals surface area contributed by atoms with Crippen LogP contribution in [0.1, 0.15) is 33.5 Å². The number of benzene rings is 1. The fourth-order valence-corrected chi connectivity index (χ4v) is 3.42. The van der Waals surface area contributed by atoms with E-state index in [0.717, 1.165) is 11.1 Å². The van der Waals surface area contributed by atoms with Gasteiger partial charge in [-0.25, -0.2) is 4.98 Å². The summed E-state index contributed by atoms with van der Waals surface area (Å²) in [5.41, 5.74) is 3.37. The molecule has 8 nitrogen and oxygen atoms in total. The fourth-order valence-electron chi connectivity index (χ4n) is 3.42. The number of rotatable bonds is 1. The van der Waals surface area contributed by atoms with Crippen molar-refractivity contribution in [3.8, 4) is 11.8 Å². The summed E-state index contributed by atoms with van der Waals surface area (Å²) in [6, 6.07) is 2.14. The molecule has 1 saturated heterocycles. The largest absolute Gasteiger partial charge is 0.505 e. The van der Waals surface area contributed by atoms with Crippen molar-refractivity contribution in [1.82, 2.24) is 20.2 Å². The van der Waals surface area contributed by atoms with Gasteiger partial charge in [-0.05, 0) is 12.3 Å². The van der Waals surface area contributed by atoms with Crippen molar-refractivity contribution in [3.05, 3.63) is 28.7 Å². The fraction of sp³-hybridized carbons (Fsp3) is 0.250. The molecule has 24 heavy (non-hydrogen) atoms. The van der Waals surface area contributed by atoms with Crippen LogP contribution in [0.25, 0.3) is 17.1 Å². The van der Waals surface area contributed by atoms with Crippen LogP contribution in [-0.2, 0) is 0 Å². The molecule has 3 aliphatic heterocycles. The summed E-state index contributed by atoms with van der Waals surface area (Å²) in [6.45, 7) is 0.834. The summed E-state index contributed by atoms with van der Waals surface area (Å²) in [7, 11) is 0. The Bertz CT molecular complexity index is 1010. The summed E-state index contributed by atoms with van der Waals surface area (Å²) < 4.78 is 0. The molecule has 3 aliphatic rings. The number of fused-ring (bicyclic) bond motifs is 2. The third kappa shape index (κ3) is 1.53. The molecule has 1 amide bonds. The lowest BCUT2D eigenvalue weighted by Crippen LogP contribution is -2.49. The standard InChI is InChI=1S/C16H12N6O2/c17-3-7-5-22(6-7)16(24)15-20-11-8-1-2-18-14-10(8)9(4-19-14)13(23)12(11)21-15/h1-2,4,7,14,18,23H,5-6H2,(H,20,21). The Balaban J connectivity index is 1.64. The van der Waals surface area contributed by atoms with Crippen LogP contribution in [0.3, 0.4) is 0 Å². The molecule has 2 aromatic rings. The number of nitrogens with one attached hydrogen (secondary N) is 2. The number of nitriles is 1. The van der Waals surface area contributed by atoms with E-state index < -0.39 is 0 Å². The van der Waals surface area contributed by atoms with E-state index >= 15 is 0 Å². The second kappa shape index (κ2) is 4.35. The van der Waals surface area contributed by atoms with Crippen molar-refractivity contribution in [3.63, 3.8) is 0 Å². The average molecular weight is 320 g/mol. The molecule has 5 rings (SSSR count). The number of hydrogen-bond donors (Lipinski definition) is 3. The minimum Gasteiger partial charge on any atom is -0.505 e. The smallest absolute Gasteiger partial charge is 0.289 e. The molecule has 1 unspecified atom stereocenters. The van der Waals surface area contributed by atoms with Crippen LogP contribution in [0.5, 0.6) is 5.75 Å². The molecular weight excluding hydrogens is 308 g/mol. The van der Waals surface area contributed by atoms with Gasteiger partial charge in [0.05, 0.1) is 12.0 Å². The zero-order valence-corrected chi connectivity index (χ0v) is 12.4. The highest BCUT2D eigenvalue weighted by Crippen LogP contribution is 2.41. The number of likely N-dealkylation sites (tertiary alicyclic amines) is 1. The zero-order valence-electron chi connectivity index (χ0n) is 12.4. The Kier molecular flexibility index (Phi) is 2.38. The van der Waals surface area contributed by atoms with Gasteiger partial charge in [0.25, 0.3) is 5.91 Å².